The van der Waals surface area contributed by atoms with Crippen LogP contribution in [-0.2, 0) is 4.74 Å². The topological polar surface area (TPSA) is 132 Å². The first kappa shape index (κ1) is 14.6. The third-order valence-electron chi connectivity index (χ3n) is 1.89. The third kappa shape index (κ3) is 3.76. The number of aromatic nitrogens is 2. The fourth-order valence-electron chi connectivity index (χ4n) is 1.18. The summed E-state index contributed by atoms with van der Waals surface area (Å²) < 4.78 is 5.45. The summed E-state index contributed by atoms with van der Waals surface area (Å²) in [4.78, 5) is 33.9. The molecule has 0 atom stereocenters. The van der Waals surface area contributed by atoms with E-state index in [0.29, 0.717) is 4.68 Å². The number of carbonyl (C=O) groups excluding carboxylic acids is 2. The van der Waals surface area contributed by atoms with Gasteiger partial charge in [-0.1, -0.05) is 5.11 Å². The van der Waals surface area contributed by atoms with Crippen LogP contribution in [0.5, 0.6) is 0 Å². The molecule has 9 heteroatoms. The van der Waals surface area contributed by atoms with Gasteiger partial charge in [0.05, 0.1) is 5.69 Å². The van der Waals surface area contributed by atoms with Crippen molar-refractivity contribution in [2.24, 2.45) is 16.0 Å². The van der Waals surface area contributed by atoms with Crippen LogP contribution in [0.4, 0.5) is 15.3 Å². The number of carbonyl (C=O) groups is 2. The highest BCUT2D eigenvalue weighted by molar-refractivity contribution is 5.74. The first-order chi connectivity index (χ1) is 8.61. The Morgan fingerprint density at radius 1 is 1.37 bits per heavy atom. The molecule has 1 aromatic rings. The minimum atomic E-state index is -0.980. The fourth-order valence-corrected chi connectivity index (χ4v) is 1.18. The Hall–Kier alpha value is -2.45. The van der Waals surface area contributed by atoms with E-state index in [9.17, 15) is 14.4 Å². The fraction of sp³-hybridized carbons (Fsp3) is 0.500. The number of primary amides is 1. The van der Waals surface area contributed by atoms with E-state index in [1.54, 1.807) is 20.8 Å². The highest BCUT2D eigenvalue weighted by atomic mass is 16.6. The Morgan fingerprint density at radius 2 is 1.95 bits per heavy atom. The predicted molar refractivity (Wildman–Crippen MR) is 65.5 cm³/mol. The molecule has 0 unspecified atom stereocenters. The molecule has 0 spiro atoms. The average Bonchev–Trinajstić information content (AvgIpc) is 2.49. The van der Waals surface area contributed by atoms with Gasteiger partial charge in [0.2, 0.25) is 0 Å². The molecule has 0 aliphatic carbocycles. The van der Waals surface area contributed by atoms with Gasteiger partial charge >= 0.3 is 17.7 Å². The lowest BCUT2D eigenvalue weighted by Crippen LogP contribution is -2.29. The van der Waals surface area contributed by atoms with Crippen molar-refractivity contribution in [2.45, 2.75) is 33.3 Å². The average molecular weight is 269 g/mol. The molecule has 1 rings (SSSR count). The van der Waals surface area contributed by atoms with E-state index in [0.717, 1.165) is 0 Å². The number of hydrogen-bond donors (Lipinski definition) is 2. The molecule has 0 aliphatic rings. The number of amides is 2. The smallest absolute Gasteiger partial charge is 0.441 e. The molecule has 9 nitrogen and oxygen atoms in total. The van der Waals surface area contributed by atoms with Gasteiger partial charge in [-0.05, 0) is 27.7 Å². The van der Waals surface area contributed by atoms with Crippen LogP contribution < -0.4 is 11.3 Å². The maximum atomic E-state index is 11.7. The van der Waals surface area contributed by atoms with Crippen molar-refractivity contribution >= 4 is 17.8 Å². The second-order valence-electron chi connectivity index (χ2n) is 4.74. The van der Waals surface area contributed by atoms with Gasteiger partial charge in [-0.3, -0.25) is 9.89 Å². The van der Waals surface area contributed by atoms with Gasteiger partial charge in [0.1, 0.15) is 5.60 Å². The number of azo groups is 1. The lowest BCUT2D eigenvalue weighted by atomic mass is 10.2. The highest BCUT2D eigenvalue weighted by Gasteiger charge is 2.17. The van der Waals surface area contributed by atoms with Crippen molar-refractivity contribution in [3.63, 3.8) is 0 Å². The van der Waals surface area contributed by atoms with Crippen LogP contribution in [0.25, 0.3) is 0 Å². The number of nitrogens with zero attached hydrogens (tertiary/aromatic N) is 3. The molecule has 3 N–H and O–H groups in total. The monoisotopic (exact) mass is 269 g/mol. The Morgan fingerprint density at radius 3 is 2.37 bits per heavy atom. The van der Waals surface area contributed by atoms with Gasteiger partial charge in [-0.15, -0.1) is 5.11 Å². The van der Waals surface area contributed by atoms with E-state index < -0.39 is 23.3 Å². The molecule has 104 valence electrons. The number of nitrogens with two attached hydrogens (primary N) is 1. The maximum Gasteiger partial charge on any atom is 0.452 e. The summed E-state index contributed by atoms with van der Waals surface area (Å²) in [6, 6.07) is -0.980. The van der Waals surface area contributed by atoms with E-state index >= 15 is 0 Å². The molecule has 2 amide bonds. The van der Waals surface area contributed by atoms with Crippen molar-refractivity contribution in [3.8, 4) is 0 Å². The zero-order chi connectivity index (χ0) is 14.8. The normalized spacial score (nSPS) is 11.8. The summed E-state index contributed by atoms with van der Waals surface area (Å²) in [6.07, 6.45) is -0.932. The molecular weight excluding hydrogens is 254 g/mol. The third-order valence-corrected chi connectivity index (χ3v) is 1.89. The molecular formula is C10H15N5O4. The molecule has 1 aromatic heterocycles. The second-order valence-corrected chi connectivity index (χ2v) is 4.74. The summed E-state index contributed by atoms with van der Waals surface area (Å²) in [5.41, 5.74) is 3.56. The number of nitrogens with one attached hydrogen (secondary N) is 1. The number of ether oxygens (including phenoxy) is 1. The number of H-pyrrole nitrogens is 1. The largest absolute Gasteiger partial charge is 0.452 e. The highest BCUT2D eigenvalue weighted by Crippen LogP contribution is 2.13. The van der Waals surface area contributed by atoms with Crippen LogP contribution >= 0.6 is 0 Å². The van der Waals surface area contributed by atoms with Crippen molar-refractivity contribution in [3.05, 3.63) is 16.0 Å². The SMILES string of the molecule is Cc1[nH]n(C(N)=O)c(=O)c1N=NC(=O)OC(C)(C)C. The Kier molecular flexibility index (Phi) is 3.88. The van der Waals surface area contributed by atoms with Gasteiger partial charge in [0.25, 0.3) is 0 Å². The zero-order valence-electron chi connectivity index (χ0n) is 11.1. The summed E-state index contributed by atoms with van der Waals surface area (Å²) in [7, 11) is 0. The molecule has 0 aromatic carbocycles. The molecule has 0 radical (unpaired) electrons. The molecule has 0 fully saturated rings. The minimum absolute atomic E-state index is 0.176. The lowest BCUT2D eigenvalue weighted by molar-refractivity contribution is 0.0592. The van der Waals surface area contributed by atoms with Crippen LogP contribution in [0.15, 0.2) is 15.0 Å². The van der Waals surface area contributed by atoms with E-state index in [1.807, 2.05) is 0 Å². The molecule has 1 heterocycles. The van der Waals surface area contributed by atoms with Crippen molar-refractivity contribution in [1.82, 2.24) is 9.78 Å². The van der Waals surface area contributed by atoms with Gasteiger partial charge in [-0.25, -0.2) is 9.59 Å². The number of rotatable bonds is 1. The first-order valence-electron chi connectivity index (χ1n) is 5.38. The molecule has 0 aliphatic heterocycles. The van der Waals surface area contributed by atoms with Gasteiger partial charge in [0.15, 0.2) is 5.69 Å². The van der Waals surface area contributed by atoms with Crippen LogP contribution in [0.1, 0.15) is 26.5 Å². The molecule has 19 heavy (non-hydrogen) atoms. The van der Waals surface area contributed by atoms with Crippen molar-refractivity contribution < 1.29 is 14.3 Å². The minimum Gasteiger partial charge on any atom is -0.441 e. The van der Waals surface area contributed by atoms with E-state index in [2.05, 4.69) is 15.3 Å². The number of aryl methyl sites for hydroxylation is 1. The summed E-state index contributed by atoms with van der Waals surface area (Å²) in [6.45, 7) is 6.50. The number of aromatic amines is 1. The summed E-state index contributed by atoms with van der Waals surface area (Å²) in [5.74, 6) is 0. The number of hydrogen-bond acceptors (Lipinski definition) is 5. The zero-order valence-corrected chi connectivity index (χ0v) is 11.1. The Labute approximate surface area is 108 Å². The second kappa shape index (κ2) is 5.04. The van der Waals surface area contributed by atoms with Gasteiger partial charge < -0.3 is 10.5 Å². The first-order valence-corrected chi connectivity index (χ1v) is 5.38. The van der Waals surface area contributed by atoms with Gasteiger partial charge in [-0.2, -0.15) is 4.68 Å². The van der Waals surface area contributed by atoms with E-state index in [-0.39, 0.29) is 11.4 Å². The predicted octanol–water partition coefficient (Wildman–Crippen LogP) is 1.43. The molecule has 0 saturated heterocycles. The van der Waals surface area contributed by atoms with E-state index in [4.69, 9.17) is 10.5 Å². The lowest BCUT2D eigenvalue weighted by Gasteiger charge is -2.16. The summed E-state index contributed by atoms with van der Waals surface area (Å²) in [5, 5.41) is 9.13. The van der Waals surface area contributed by atoms with Gasteiger partial charge in [0, 0.05) is 0 Å². The quantitative estimate of drug-likeness (QED) is 0.746. The van der Waals surface area contributed by atoms with Crippen LogP contribution in [-0.4, -0.2) is 27.5 Å². The van der Waals surface area contributed by atoms with Crippen molar-refractivity contribution in [2.75, 3.05) is 0 Å². The molecule has 0 bridgehead atoms. The van der Waals surface area contributed by atoms with Crippen molar-refractivity contribution in [1.29, 1.82) is 0 Å². The van der Waals surface area contributed by atoms with Crippen LogP contribution in [0.2, 0.25) is 0 Å². The summed E-state index contributed by atoms with van der Waals surface area (Å²) >= 11 is 0. The van der Waals surface area contributed by atoms with Crippen LogP contribution in [0, 0.1) is 6.92 Å². The maximum absolute atomic E-state index is 11.7. The standard InChI is InChI=1S/C10H15N5O4/c1-5-6(7(16)15(14-5)8(11)17)12-13-9(18)19-10(2,3)4/h14H,1-4H3,(H2,11,17). The van der Waals surface area contributed by atoms with E-state index in [1.165, 1.54) is 6.92 Å². The van der Waals surface area contributed by atoms with Crippen LogP contribution in [0.3, 0.4) is 0 Å². The molecule has 0 saturated carbocycles. The Balaban J connectivity index is 2.98. The Bertz CT molecular complexity index is 590.